The SMILES string of the molecule is CC(O)C[C@H]1CC[C@H](Nc2ccc3ncc(-c4cccc(OC(F)(F)F)c4)n3n2)CC1. The number of aromatic nitrogens is 3. The first kappa shape index (κ1) is 21.4. The van der Waals surface area contributed by atoms with Crippen LogP contribution in [-0.4, -0.2) is 38.2 Å². The molecule has 2 N–H and O–H groups in total. The van der Waals surface area contributed by atoms with Crippen LogP contribution in [-0.2, 0) is 0 Å². The zero-order valence-corrected chi connectivity index (χ0v) is 17.1. The van der Waals surface area contributed by atoms with Crippen LogP contribution in [0.4, 0.5) is 19.0 Å². The highest BCUT2D eigenvalue weighted by Gasteiger charge is 2.31. The molecule has 31 heavy (non-hydrogen) atoms. The van der Waals surface area contributed by atoms with Crippen molar-refractivity contribution in [3.63, 3.8) is 0 Å². The van der Waals surface area contributed by atoms with Crippen LogP contribution in [0.25, 0.3) is 16.9 Å². The predicted octanol–water partition coefficient (Wildman–Crippen LogP) is 5.04. The number of aliphatic hydroxyl groups excluding tert-OH is 1. The first-order valence-corrected chi connectivity index (χ1v) is 10.4. The maximum atomic E-state index is 12.6. The third kappa shape index (κ3) is 5.46. The highest BCUT2D eigenvalue weighted by atomic mass is 19.4. The van der Waals surface area contributed by atoms with Gasteiger partial charge in [0.1, 0.15) is 11.6 Å². The Hall–Kier alpha value is -2.81. The molecule has 166 valence electrons. The molecule has 1 aliphatic carbocycles. The first-order chi connectivity index (χ1) is 14.8. The van der Waals surface area contributed by atoms with Crippen molar-refractivity contribution in [2.75, 3.05) is 5.32 Å². The van der Waals surface area contributed by atoms with Crippen molar-refractivity contribution in [1.82, 2.24) is 14.6 Å². The molecule has 1 unspecified atom stereocenters. The van der Waals surface area contributed by atoms with Crippen LogP contribution in [0.15, 0.2) is 42.6 Å². The Morgan fingerprint density at radius 2 is 1.97 bits per heavy atom. The number of nitrogens with one attached hydrogen (secondary N) is 1. The van der Waals surface area contributed by atoms with E-state index < -0.39 is 6.36 Å². The monoisotopic (exact) mass is 434 g/mol. The van der Waals surface area contributed by atoms with Crippen LogP contribution >= 0.6 is 0 Å². The van der Waals surface area contributed by atoms with Gasteiger partial charge in [0.25, 0.3) is 0 Å². The highest BCUT2D eigenvalue weighted by Crippen LogP contribution is 2.31. The Bertz CT molecular complexity index is 1030. The van der Waals surface area contributed by atoms with E-state index in [4.69, 9.17) is 0 Å². The smallest absolute Gasteiger partial charge is 0.406 e. The zero-order chi connectivity index (χ0) is 22.0. The molecule has 0 spiro atoms. The number of aliphatic hydroxyl groups is 1. The van der Waals surface area contributed by atoms with E-state index >= 15 is 0 Å². The Morgan fingerprint density at radius 3 is 2.68 bits per heavy atom. The molecular weight excluding hydrogens is 409 g/mol. The number of alkyl halides is 3. The molecule has 0 amide bonds. The molecule has 1 aromatic carbocycles. The standard InChI is InChI=1S/C22H25F3N4O2/c1-14(30)11-15-5-7-17(8-6-15)27-20-9-10-21-26-13-19(29(21)28-20)16-3-2-4-18(12-16)31-22(23,24)25/h2-4,9-10,12-15,17,30H,5-8,11H2,1H3,(H,27,28)/t14?,15-,17-. The van der Waals surface area contributed by atoms with E-state index in [1.54, 1.807) is 16.8 Å². The van der Waals surface area contributed by atoms with Gasteiger partial charge in [0.2, 0.25) is 0 Å². The third-order valence-electron chi connectivity index (χ3n) is 5.60. The van der Waals surface area contributed by atoms with Crippen molar-refractivity contribution in [2.24, 2.45) is 5.92 Å². The largest absolute Gasteiger partial charge is 0.573 e. The van der Waals surface area contributed by atoms with E-state index in [9.17, 15) is 18.3 Å². The fourth-order valence-corrected chi connectivity index (χ4v) is 4.23. The number of anilines is 1. The van der Waals surface area contributed by atoms with Crippen LogP contribution in [0.2, 0.25) is 0 Å². The van der Waals surface area contributed by atoms with Crippen LogP contribution < -0.4 is 10.1 Å². The van der Waals surface area contributed by atoms with E-state index in [2.05, 4.69) is 20.1 Å². The molecule has 0 saturated heterocycles. The van der Waals surface area contributed by atoms with Gasteiger partial charge in [0, 0.05) is 11.6 Å². The highest BCUT2D eigenvalue weighted by molar-refractivity contribution is 5.65. The summed E-state index contributed by atoms with van der Waals surface area (Å²) in [4.78, 5) is 4.31. The Kier molecular flexibility index (Phi) is 6.04. The predicted molar refractivity (Wildman–Crippen MR) is 111 cm³/mol. The molecule has 2 aromatic heterocycles. The minimum absolute atomic E-state index is 0.265. The van der Waals surface area contributed by atoms with Crippen LogP contribution in [0.3, 0.4) is 0 Å². The lowest BCUT2D eigenvalue weighted by atomic mass is 9.83. The van der Waals surface area contributed by atoms with Gasteiger partial charge < -0.3 is 15.2 Å². The van der Waals surface area contributed by atoms with Gasteiger partial charge in [-0.2, -0.15) is 0 Å². The van der Waals surface area contributed by atoms with Gasteiger partial charge in [-0.3, -0.25) is 0 Å². The Morgan fingerprint density at radius 1 is 1.19 bits per heavy atom. The average molecular weight is 434 g/mol. The van der Waals surface area contributed by atoms with Crippen molar-refractivity contribution >= 4 is 11.5 Å². The van der Waals surface area contributed by atoms with Gasteiger partial charge in [0.05, 0.1) is 18.0 Å². The van der Waals surface area contributed by atoms with Gasteiger partial charge in [0.15, 0.2) is 5.65 Å². The summed E-state index contributed by atoms with van der Waals surface area (Å²) in [7, 11) is 0. The summed E-state index contributed by atoms with van der Waals surface area (Å²) in [5.74, 6) is 0.955. The molecule has 6 nitrogen and oxygen atoms in total. The number of hydrogen-bond donors (Lipinski definition) is 2. The fraction of sp³-hybridized carbons (Fsp3) is 0.455. The van der Waals surface area contributed by atoms with Gasteiger partial charge in [-0.05, 0) is 69.2 Å². The van der Waals surface area contributed by atoms with E-state index in [0.29, 0.717) is 34.7 Å². The number of halogens is 3. The molecule has 3 aromatic rings. The number of ether oxygens (including phenoxy) is 1. The molecule has 1 aliphatic rings. The molecule has 2 heterocycles. The summed E-state index contributed by atoms with van der Waals surface area (Å²) < 4.78 is 43.3. The van der Waals surface area contributed by atoms with Gasteiger partial charge >= 0.3 is 6.36 Å². The number of imidazole rings is 1. The van der Waals surface area contributed by atoms with E-state index in [-0.39, 0.29) is 11.9 Å². The minimum atomic E-state index is -4.75. The average Bonchev–Trinajstić information content (AvgIpc) is 3.11. The molecule has 1 fully saturated rings. The number of fused-ring (bicyclic) bond motifs is 1. The van der Waals surface area contributed by atoms with Gasteiger partial charge in [-0.15, -0.1) is 18.3 Å². The molecule has 0 aliphatic heterocycles. The molecule has 4 rings (SSSR count). The normalized spacial score (nSPS) is 20.5. The van der Waals surface area contributed by atoms with E-state index in [1.807, 2.05) is 19.1 Å². The molecule has 0 radical (unpaired) electrons. The van der Waals surface area contributed by atoms with Crippen molar-refractivity contribution in [2.45, 2.75) is 57.5 Å². The third-order valence-corrected chi connectivity index (χ3v) is 5.60. The zero-order valence-electron chi connectivity index (χ0n) is 17.1. The van der Waals surface area contributed by atoms with E-state index in [0.717, 1.165) is 32.1 Å². The summed E-state index contributed by atoms with van der Waals surface area (Å²) in [6.07, 6.45) is 1.54. The van der Waals surface area contributed by atoms with Crippen molar-refractivity contribution in [3.05, 3.63) is 42.6 Å². The Balaban J connectivity index is 1.50. The summed E-state index contributed by atoms with van der Waals surface area (Å²) in [5.41, 5.74) is 1.70. The second-order valence-corrected chi connectivity index (χ2v) is 8.15. The molecule has 0 bridgehead atoms. The quantitative estimate of drug-likeness (QED) is 0.569. The summed E-state index contributed by atoms with van der Waals surface area (Å²) in [5, 5.41) is 17.7. The van der Waals surface area contributed by atoms with Crippen LogP contribution in [0, 0.1) is 5.92 Å². The van der Waals surface area contributed by atoms with Crippen molar-refractivity contribution in [1.29, 1.82) is 0 Å². The maximum absolute atomic E-state index is 12.6. The van der Waals surface area contributed by atoms with Crippen LogP contribution in [0.1, 0.15) is 39.0 Å². The summed E-state index contributed by atoms with van der Waals surface area (Å²) >= 11 is 0. The van der Waals surface area contributed by atoms with E-state index in [1.165, 1.54) is 18.2 Å². The number of nitrogens with zero attached hydrogens (tertiary/aromatic N) is 3. The fourth-order valence-electron chi connectivity index (χ4n) is 4.23. The molecular formula is C22H25F3N4O2. The van der Waals surface area contributed by atoms with Crippen LogP contribution in [0.5, 0.6) is 5.75 Å². The molecule has 1 atom stereocenters. The number of rotatable bonds is 6. The van der Waals surface area contributed by atoms with Gasteiger partial charge in [-0.1, -0.05) is 12.1 Å². The lowest BCUT2D eigenvalue weighted by molar-refractivity contribution is -0.274. The lowest BCUT2D eigenvalue weighted by Crippen LogP contribution is -2.28. The number of benzene rings is 1. The second-order valence-electron chi connectivity index (χ2n) is 8.15. The molecule has 1 saturated carbocycles. The first-order valence-electron chi connectivity index (χ1n) is 10.4. The topological polar surface area (TPSA) is 71.7 Å². The van der Waals surface area contributed by atoms with Gasteiger partial charge in [-0.25, -0.2) is 9.50 Å². The number of hydrogen-bond acceptors (Lipinski definition) is 5. The maximum Gasteiger partial charge on any atom is 0.573 e. The lowest BCUT2D eigenvalue weighted by Gasteiger charge is -2.30. The van der Waals surface area contributed by atoms with Crippen molar-refractivity contribution < 1.29 is 23.0 Å². The Labute approximate surface area is 178 Å². The summed E-state index contributed by atoms with van der Waals surface area (Å²) in [6.45, 7) is 1.83. The van der Waals surface area contributed by atoms with Crippen molar-refractivity contribution in [3.8, 4) is 17.0 Å². The minimum Gasteiger partial charge on any atom is -0.406 e. The molecule has 9 heteroatoms. The second kappa shape index (κ2) is 8.74. The summed E-state index contributed by atoms with van der Waals surface area (Å²) in [6, 6.07) is 9.76.